The van der Waals surface area contributed by atoms with Gasteiger partial charge in [0.05, 0.1) is 6.61 Å². The van der Waals surface area contributed by atoms with Gasteiger partial charge in [-0.25, -0.2) is 9.59 Å². The van der Waals surface area contributed by atoms with Crippen molar-refractivity contribution in [1.82, 2.24) is 15.5 Å². The van der Waals surface area contributed by atoms with E-state index in [2.05, 4.69) is 10.6 Å². The minimum Gasteiger partial charge on any atom is -0.450 e. The number of amides is 3. The van der Waals surface area contributed by atoms with Crippen molar-refractivity contribution in [3.05, 3.63) is 12.3 Å². The standard InChI is InChI=1S/C13H23N3O3/c1-3-5-8-14-12(17)15-11-6-9-16(10-7-11)13(18)19-4-2/h5,8,11H,3-4,6-7,9-10H2,1-2H3,(H2,14,15,17)/b8-5+. The van der Waals surface area contributed by atoms with Crippen LogP contribution in [0.4, 0.5) is 9.59 Å². The van der Waals surface area contributed by atoms with Crippen LogP contribution in [-0.2, 0) is 4.74 Å². The van der Waals surface area contributed by atoms with Crippen molar-refractivity contribution < 1.29 is 14.3 Å². The van der Waals surface area contributed by atoms with Crippen LogP contribution in [-0.4, -0.2) is 42.8 Å². The van der Waals surface area contributed by atoms with Crippen molar-refractivity contribution >= 4 is 12.1 Å². The predicted octanol–water partition coefficient (Wildman–Crippen LogP) is 1.83. The van der Waals surface area contributed by atoms with E-state index in [0.29, 0.717) is 19.7 Å². The Morgan fingerprint density at radius 3 is 2.58 bits per heavy atom. The lowest BCUT2D eigenvalue weighted by atomic mass is 10.1. The van der Waals surface area contributed by atoms with Crippen molar-refractivity contribution in [2.24, 2.45) is 0 Å². The number of carbonyl (C=O) groups excluding carboxylic acids is 2. The zero-order chi connectivity index (χ0) is 14.1. The summed E-state index contributed by atoms with van der Waals surface area (Å²) in [4.78, 5) is 24.7. The largest absolute Gasteiger partial charge is 0.450 e. The van der Waals surface area contributed by atoms with E-state index in [1.54, 1.807) is 18.0 Å². The highest BCUT2D eigenvalue weighted by Crippen LogP contribution is 2.11. The SMILES string of the molecule is CC/C=C/NC(=O)NC1CCN(C(=O)OCC)CC1. The number of carbonyl (C=O) groups is 2. The van der Waals surface area contributed by atoms with E-state index in [1.807, 2.05) is 13.0 Å². The zero-order valence-corrected chi connectivity index (χ0v) is 11.6. The Morgan fingerprint density at radius 2 is 2.00 bits per heavy atom. The maximum atomic E-state index is 11.5. The van der Waals surface area contributed by atoms with Crippen molar-refractivity contribution in [2.45, 2.75) is 39.2 Å². The van der Waals surface area contributed by atoms with Crippen LogP contribution in [0, 0.1) is 0 Å². The van der Waals surface area contributed by atoms with Gasteiger partial charge in [0, 0.05) is 25.3 Å². The maximum Gasteiger partial charge on any atom is 0.409 e. The molecular formula is C13H23N3O3. The second-order valence-electron chi connectivity index (χ2n) is 4.39. The monoisotopic (exact) mass is 269 g/mol. The van der Waals surface area contributed by atoms with Gasteiger partial charge in [0.1, 0.15) is 0 Å². The molecule has 1 fully saturated rings. The van der Waals surface area contributed by atoms with Crippen molar-refractivity contribution in [3.8, 4) is 0 Å². The molecule has 0 aliphatic carbocycles. The fourth-order valence-corrected chi connectivity index (χ4v) is 1.90. The third kappa shape index (κ3) is 5.63. The summed E-state index contributed by atoms with van der Waals surface area (Å²) in [5, 5.41) is 5.54. The Morgan fingerprint density at radius 1 is 1.32 bits per heavy atom. The molecule has 2 N–H and O–H groups in total. The first kappa shape index (κ1) is 15.3. The number of rotatable bonds is 4. The number of likely N-dealkylation sites (tertiary alicyclic amines) is 1. The average molecular weight is 269 g/mol. The highest BCUT2D eigenvalue weighted by Gasteiger charge is 2.24. The summed E-state index contributed by atoms with van der Waals surface area (Å²) in [6.45, 7) is 5.42. The molecule has 6 heteroatoms. The molecule has 0 saturated carbocycles. The van der Waals surface area contributed by atoms with E-state index in [1.165, 1.54) is 0 Å². The molecule has 3 amide bonds. The zero-order valence-electron chi connectivity index (χ0n) is 11.6. The molecule has 0 aromatic rings. The van der Waals surface area contributed by atoms with Crippen LogP contribution < -0.4 is 10.6 Å². The van der Waals surface area contributed by atoms with E-state index < -0.39 is 0 Å². The lowest BCUT2D eigenvalue weighted by Gasteiger charge is -2.31. The number of hydrogen-bond acceptors (Lipinski definition) is 3. The number of hydrogen-bond donors (Lipinski definition) is 2. The van der Waals surface area contributed by atoms with Gasteiger partial charge in [-0.05, 0) is 26.2 Å². The number of piperidine rings is 1. The third-order valence-corrected chi connectivity index (χ3v) is 2.92. The van der Waals surface area contributed by atoms with Crippen LogP contribution in [0.2, 0.25) is 0 Å². The van der Waals surface area contributed by atoms with Gasteiger partial charge in [-0.2, -0.15) is 0 Å². The number of allylic oxidation sites excluding steroid dienone is 1. The second kappa shape index (κ2) is 8.39. The van der Waals surface area contributed by atoms with E-state index in [4.69, 9.17) is 4.74 Å². The van der Waals surface area contributed by atoms with Gasteiger partial charge in [0.2, 0.25) is 0 Å². The lowest BCUT2D eigenvalue weighted by molar-refractivity contribution is 0.0958. The van der Waals surface area contributed by atoms with Gasteiger partial charge >= 0.3 is 12.1 Å². The van der Waals surface area contributed by atoms with E-state index in [9.17, 15) is 9.59 Å². The Balaban J connectivity index is 2.24. The number of nitrogens with one attached hydrogen (secondary N) is 2. The molecule has 0 atom stereocenters. The summed E-state index contributed by atoms with van der Waals surface area (Å²) in [5.41, 5.74) is 0. The van der Waals surface area contributed by atoms with Gasteiger partial charge in [-0.15, -0.1) is 0 Å². The highest BCUT2D eigenvalue weighted by atomic mass is 16.6. The molecule has 0 radical (unpaired) electrons. The van der Waals surface area contributed by atoms with Gasteiger partial charge < -0.3 is 20.3 Å². The molecule has 0 aromatic heterocycles. The minimum absolute atomic E-state index is 0.112. The first-order chi connectivity index (χ1) is 9.17. The molecule has 1 saturated heterocycles. The number of nitrogens with zero attached hydrogens (tertiary/aromatic N) is 1. The quantitative estimate of drug-likeness (QED) is 0.818. The van der Waals surface area contributed by atoms with Gasteiger partial charge in [-0.1, -0.05) is 13.0 Å². The van der Waals surface area contributed by atoms with Crippen LogP contribution >= 0.6 is 0 Å². The van der Waals surface area contributed by atoms with Gasteiger partial charge in [-0.3, -0.25) is 0 Å². The van der Waals surface area contributed by atoms with Crippen LogP contribution in [0.15, 0.2) is 12.3 Å². The number of ether oxygens (including phenoxy) is 1. The molecule has 1 heterocycles. The Hall–Kier alpha value is -1.72. The molecule has 1 aliphatic heterocycles. The van der Waals surface area contributed by atoms with Crippen LogP contribution in [0.5, 0.6) is 0 Å². The van der Waals surface area contributed by atoms with Crippen LogP contribution in [0.25, 0.3) is 0 Å². The minimum atomic E-state index is -0.267. The normalized spacial score (nSPS) is 16.4. The molecule has 19 heavy (non-hydrogen) atoms. The lowest BCUT2D eigenvalue weighted by Crippen LogP contribution is -2.48. The van der Waals surface area contributed by atoms with Crippen molar-refractivity contribution in [2.75, 3.05) is 19.7 Å². The van der Waals surface area contributed by atoms with Crippen molar-refractivity contribution in [3.63, 3.8) is 0 Å². The molecule has 1 rings (SSSR count). The van der Waals surface area contributed by atoms with Gasteiger partial charge in [0.15, 0.2) is 0 Å². The molecule has 108 valence electrons. The molecule has 0 unspecified atom stereocenters. The summed E-state index contributed by atoms with van der Waals surface area (Å²) < 4.78 is 4.94. The average Bonchev–Trinajstić information content (AvgIpc) is 2.40. The van der Waals surface area contributed by atoms with E-state index in [-0.39, 0.29) is 18.2 Å². The first-order valence-corrected chi connectivity index (χ1v) is 6.81. The fourth-order valence-electron chi connectivity index (χ4n) is 1.90. The maximum absolute atomic E-state index is 11.5. The molecule has 0 bridgehead atoms. The van der Waals surface area contributed by atoms with Gasteiger partial charge in [0.25, 0.3) is 0 Å². The first-order valence-electron chi connectivity index (χ1n) is 6.81. The van der Waals surface area contributed by atoms with Crippen LogP contribution in [0.1, 0.15) is 33.1 Å². The fraction of sp³-hybridized carbons (Fsp3) is 0.692. The highest BCUT2D eigenvalue weighted by molar-refractivity contribution is 5.75. The number of urea groups is 1. The Kier molecular flexibility index (Phi) is 6.78. The topological polar surface area (TPSA) is 70.7 Å². The third-order valence-electron chi connectivity index (χ3n) is 2.92. The van der Waals surface area contributed by atoms with E-state index in [0.717, 1.165) is 19.3 Å². The summed E-state index contributed by atoms with van der Waals surface area (Å²) in [6, 6.07) is -0.0833. The summed E-state index contributed by atoms with van der Waals surface area (Å²) in [5.74, 6) is 0. The Labute approximate surface area is 114 Å². The summed E-state index contributed by atoms with van der Waals surface area (Å²) in [7, 11) is 0. The molecule has 0 aromatic carbocycles. The van der Waals surface area contributed by atoms with Crippen LogP contribution in [0.3, 0.4) is 0 Å². The molecule has 0 spiro atoms. The smallest absolute Gasteiger partial charge is 0.409 e. The van der Waals surface area contributed by atoms with Crippen molar-refractivity contribution in [1.29, 1.82) is 0 Å². The summed E-state index contributed by atoms with van der Waals surface area (Å²) in [6.07, 6.45) is 5.65. The Bertz CT molecular complexity index is 323. The van der Waals surface area contributed by atoms with E-state index >= 15 is 0 Å². The molecular weight excluding hydrogens is 246 g/mol. The predicted molar refractivity (Wildman–Crippen MR) is 72.7 cm³/mol. The molecule has 6 nitrogen and oxygen atoms in total. The summed E-state index contributed by atoms with van der Waals surface area (Å²) >= 11 is 0. The second-order valence-corrected chi connectivity index (χ2v) is 4.39. The molecule has 1 aliphatic rings.